The molecule has 0 saturated heterocycles. The third-order valence-electron chi connectivity index (χ3n) is 3.68. The maximum Gasteiger partial charge on any atom is 0.245 e. The van der Waals surface area contributed by atoms with Crippen molar-refractivity contribution in [3.8, 4) is 11.4 Å². The highest BCUT2D eigenvalue weighted by Crippen LogP contribution is 2.18. The predicted molar refractivity (Wildman–Crippen MR) is 92.3 cm³/mol. The van der Waals surface area contributed by atoms with Crippen LogP contribution < -0.4 is 4.72 Å². The van der Waals surface area contributed by atoms with Crippen molar-refractivity contribution >= 4 is 10.0 Å². The molecule has 25 heavy (non-hydrogen) atoms. The molecule has 0 atom stereocenters. The third kappa shape index (κ3) is 3.92. The van der Waals surface area contributed by atoms with Crippen molar-refractivity contribution < 1.29 is 12.9 Å². The molecule has 0 aliphatic rings. The Bertz CT molecular complexity index is 932. The Morgan fingerprint density at radius 2 is 1.76 bits per heavy atom. The molecule has 0 radical (unpaired) electrons. The highest BCUT2D eigenvalue weighted by Gasteiger charge is 2.23. The molecular formula is C17H18N4O3S. The second-order valence-electron chi connectivity index (χ2n) is 5.58. The van der Waals surface area contributed by atoms with Crippen LogP contribution in [0.15, 0.2) is 52.1 Å². The minimum Gasteiger partial charge on any atom is -0.360 e. The highest BCUT2D eigenvalue weighted by atomic mass is 32.2. The van der Waals surface area contributed by atoms with Gasteiger partial charge in [-0.05, 0) is 25.8 Å². The first kappa shape index (κ1) is 17.2. The number of hydrogen-bond donors (Lipinski definition) is 1. The molecule has 0 unspecified atom stereocenters. The molecule has 1 aromatic carbocycles. The van der Waals surface area contributed by atoms with Crippen LogP contribution in [0.25, 0.3) is 11.4 Å². The van der Waals surface area contributed by atoms with Crippen molar-refractivity contribution in [1.82, 2.24) is 19.8 Å². The van der Waals surface area contributed by atoms with Crippen molar-refractivity contribution in [1.29, 1.82) is 0 Å². The van der Waals surface area contributed by atoms with E-state index in [-0.39, 0.29) is 17.2 Å². The molecule has 2 aromatic heterocycles. The largest absolute Gasteiger partial charge is 0.360 e. The number of aryl methyl sites for hydroxylation is 2. The Labute approximate surface area is 146 Å². The van der Waals surface area contributed by atoms with Gasteiger partial charge < -0.3 is 4.52 Å². The molecule has 0 aliphatic heterocycles. The van der Waals surface area contributed by atoms with Gasteiger partial charge in [0.1, 0.15) is 10.6 Å². The Hall–Kier alpha value is -2.58. The molecule has 2 heterocycles. The van der Waals surface area contributed by atoms with Crippen LogP contribution in [0, 0.1) is 13.8 Å². The number of nitrogens with zero attached hydrogens (tertiary/aromatic N) is 3. The van der Waals surface area contributed by atoms with Gasteiger partial charge in [-0.2, -0.15) is 0 Å². The monoisotopic (exact) mass is 358 g/mol. The maximum atomic E-state index is 12.3. The van der Waals surface area contributed by atoms with E-state index in [2.05, 4.69) is 19.8 Å². The van der Waals surface area contributed by atoms with Gasteiger partial charge in [0.05, 0.1) is 0 Å². The Morgan fingerprint density at radius 3 is 2.36 bits per heavy atom. The first-order valence-corrected chi connectivity index (χ1v) is 9.24. The fourth-order valence-corrected chi connectivity index (χ4v) is 3.84. The van der Waals surface area contributed by atoms with E-state index in [1.807, 2.05) is 30.3 Å². The smallest absolute Gasteiger partial charge is 0.245 e. The van der Waals surface area contributed by atoms with Crippen LogP contribution in [-0.4, -0.2) is 30.1 Å². The van der Waals surface area contributed by atoms with Gasteiger partial charge in [0.25, 0.3) is 0 Å². The van der Waals surface area contributed by atoms with Gasteiger partial charge in [-0.25, -0.2) is 23.1 Å². The van der Waals surface area contributed by atoms with E-state index in [4.69, 9.17) is 4.52 Å². The molecule has 0 aliphatic carbocycles. The van der Waals surface area contributed by atoms with Gasteiger partial charge in [-0.15, -0.1) is 0 Å². The van der Waals surface area contributed by atoms with Crippen LogP contribution >= 0.6 is 0 Å². The van der Waals surface area contributed by atoms with E-state index in [9.17, 15) is 8.42 Å². The van der Waals surface area contributed by atoms with E-state index in [0.29, 0.717) is 17.9 Å². The van der Waals surface area contributed by atoms with Crippen molar-refractivity contribution in [2.45, 2.75) is 25.2 Å². The van der Waals surface area contributed by atoms with Gasteiger partial charge >= 0.3 is 0 Å². The van der Waals surface area contributed by atoms with Crippen LogP contribution in [0.5, 0.6) is 0 Å². The number of rotatable bonds is 6. The fourth-order valence-electron chi connectivity index (χ4n) is 2.48. The first-order valence-electron chi connectivity index (χ1n) is 7.76. The summed E-state index contributed by atoms with van der Waals surface area (Å²) >= 11 is 0. The summed E-state index contributed by atoms with van der Waals surface area (Å²) in [6.45, 7) is 3.41. The Balaban J connectivity index is 1.63. The number of benzene rings is 1. The van der Waals surface area contributed by atoms with Crippen molar-refractivity contribution in [3.63, 3.8) is 0 Å². The minimum atomic E-state index is -3.65. The summed E-state index contributed by atoms with van der Waals surface area (Å²) in [5.74, 6) is 0.918. The van der Waals surface area contributed by atoms with Crippen molar-refractivity contribution in [2.24, 2.45) is 0 Å². The lowest BCUT2D eigenvalue weighted by Crippen LogP contribution is -2.26. The Kier molecular flexibility index (Phi) is 4.91. The number of nitrogens with one attached hydrogen (secondary N) is 1. The van der Waals surface area contributed by atoms with Crippen molar-refractivity contribution in [2.75, 3.05) is 6.54 Å². The summed E-state index contributed by atoms with van der Waals surface area (Å²) in [4.78, 5) is 8.76. The van der Waals surface area contributed by atoms with E-state index >= 15 is 0 Å². The number of sulfonamides is 1. The summed E-state index contributed by atoms with van der Waals surface area (Å²) < 4.78 is 32.1. The number of aromatic nitrogens is 3. The molecule has 8 heteroatoms. The molecule has 0 fully saturated rings. The van der Waals surface area contributed by atoms with Crippen LogP contribution in [0.4, 0.5) is 0 Å². The lowest BCUT2D eigenvalue weighted by molar-refractivity contribution is 0.390. The van der Waals surface area contributed by atoms with Gasteiger partial charge in [0.2, 0.25) is 10.0 Å². The molecule has 7 nitrogen and oxygen atoms in total. The second kappa shape index (κ2) is 7.12. The quantitative estimate of drug-likeness (QED) is 0.726. The van der Waals surface area contributed by atoms with Gasteiger partial charge in [0.15, 0.2) is 11.6 Å². The average molecular weight is 358 g/mol. The summed E-state index contributed by atoms with van der Waals surface area (Å²) in [7, 11) is -3.65. The van der Waals surface area contributed by atoms with Gasteiger partial charge in [0, 0.05) is 24.5 Å². The zero-order valence-electron chi connectivity index (χ0n) is 13.9. The lowest BCUT2D eigenvalue weighted by atomic mass is 10.2. The highest BCUT2D eigenvalue weighted by molar-refractivity contribution is 7.89. The second-order valence-corrected chi connectivity index (χ2v) is 7.29. The standard InChI is InChI=1S/C17H18N4O3S/c1-12-16(13(2)24-21-12)25(22,23)20-9-8-14-10-18-17(19-11-14)15-6-4-3-5-7-15/h3-7,10-11,20H,8-9H2,1-2H3. The molecule has 130 valence electrons. The average Bonchev–Trinajstić information content (AvgIpc) is 2.95. The van der Waals surface area contributed by atoms with Crippen LogP contribution in [0.1, 0.15) is 17.0 Å². The van der Waals surface area contributed by atoms with Crippen LogP contribution in [-0.2, 0) is 16.4 Å². The Morgan fingerprint density at radius 1 is 1.08 bits per heavy atom. The van der Waals surface area contributed by atoms with E-state index < -0.39 is 10.0 Å². The van der Waals surface area contributed by atoms with Crippen LogP contribution in [0.2, 0.25) is 0 Å². The molecular weight excluding hydrogens is 340 g/mol. The van der Waals surface area contributed by atoms with Crippen LogP contribution in [0.3, 0.4) is 0 Å². The number of hydrogen-bond acceptors (Lipinski definition) is 6. The van der Waals surface area contributed by atoms with E-state index in [0.717, 1.165) is 11.1 Å². The topological polar surface area (TPSA) is 98.0 Å². The molecule has 3 aromatic rings. The zero-order valence-corrected chi connectivity index (χ0v) is 14.7. The van der Waals surface area contributed by atoms with E-state index in [1.54, 1.807) is 26.2 Å². The molecule has 0 amide bonds. The maximum absolute atomic E-state index is 12.3. The summed E-state index contributed by atoms with van der Waals surface area (Å²) in [6, 6.07) is 9.66. The molecule has 3 rings (SSSR count). The molecule has 0 bridgehead atoms. The van der Waals surface area contributed by atoms with E-state index in [1.165, 1.54) is 0 Å². The van der Waals surface area contributed by atoms with Gasteiger partial charge in [-0.3, -0.25) is 0 Å². The molecule has 1 N–H and O–H groups in total. The molecule has 0 saturated carbocycles. The fraction of sp³-hybridized carbons (Fsp3) is 0.235. The third-order valence-corrected chi connectivity index (χ3v) is 5.38. The van der Waals surface area contributed by atoms with Gasteiger partial charge in [-0.1, -0.05) is 35.5 Å². The normalized spacial score (nSPS) is 11.6. The molecule has 0 spiro atoms. The zero-order chi connectivity index (χ0) is 17.9. The SMILES string of the molecule is Cc1noc(C)c1S(=O)(=O)NCCc1cnc(-c2ccccc2)nc1. The minimum absolute atomic E-state index is 0.100. The first-order chi connectivity index (χ1) is 12.0. The van der Waals surface area contributed by atoms with Crippen molar-refractivity contribution in [3.05, 3.63) is 59.7 Å². The predicted octanol–water partition coefficient (Wildman–Crippen LogP) is 2.27. The summed E-state index contributed by atoms with van der Waals surface area (Å²) in [5, 5.41) is 3.67. The summed E-state index contributed by atoms with van der Waals surface area (Å²) in [6.07, 6.45) is 3.90. The lowest BCUT2D eigenvalue weighted by Gasteiger charge is -2.06. The summed E-state index contributed by atoms with van der Waals surface area (Å²) in [5.41, 5.74) is 2.13.